The molecule has 1 aliphatic rings. The molecule has 2 amide bonds. The van der Waals surface area contributed by atoms with Gasteiger partial charge in [-0.2, -0.15) is 0 Å². The third kappa shape index (κ3) is 3.97. The molecule has 0 aromatic carbocycles. The number of rotatable bonds is 8. The molecule has 0 saturated carbocycles. The largest absolute Gasteiger partial charge is 0.383 e. The number of halogens is 1. The predicted molar refractivity (Wildman–Crippen MR) is 106 cm³/mol. The van der Waals surface area contributed by atoms with Gasteiger partial charge in [-0.1, -0.05) is 0 Å². The number of hydrogen-bond acceptors (Lipinski definition) is 6. The van der Waals surface area contributed by atoms with Crippen LogP contribution in [0.4, 0.5) is 4.39 Å². The number of amides is 2. The second-order valence-electron chi connectivity index (χ2n) is 6.74. The first-order valence-corrected chi connectivity index (χ1v) is 10.1. The Morgan fingerprint density at radius 2 is 1.93 bits per heavy atom. The fourth-order valence-electron chi connectivity index (χ4n) is 3.34. The average molecular weight is 426 g/mol. The minimum Gasteiger partial charge on any atom is -0.383 e. The maximum absolute atomic E-state index is 13.0. The van der Waals surface area contributed by atoms with Crippen molar-refractivity contribution in [2.45, 2.75) is 33.0 Å². The summed E-state index contributed by atoms with van der Waals surface area (Å²) in [6, 6.07) is 0. The summed E-state index contributed by atoms with van der Waals surface area (Å²) in [5.74, 6) is -1.28. The van der Waals surface area contributed by atoms with Gasteiger partial charge >= 0.3 is 17.5 Å². The molecular formula is C18H23FN4O5S. The van der Waals surface area contributed by atoms with Gasteiger partial charge in [0.2, 0.25) is 0 Å². The summed E-state index contributed by atoms with van der Waals surface area (Å²) in [5, 5.41) is 2.87. The Morgan fingerprint density at radius 1 is 1.17 bits per heavy atom. The number of carbonyl (C=O) groups is 2. The first kappa shape index (κ1) is 21.2. The number of carbonyl (C=O) groups excluding carboxylic acids is 2. The molecule has 0 unspecified atom stereocenters. The van der Waals surface area contributed by atoms with Crippen LogP contribution in [0.25, 0.3) is 10.2 Å². The van der Waals surface area contributed by atoms with Crippen LogP contribution < -0.4 is 16.6 Å². The lowest BCUT2D eigenvalue weighted by Gasteiger charge is -2.26. The highest BCUT2D eigenvalue weighted by molar-refractivity contribution is 7.18. The van der Waals surface area contributed by atoms with Crippen molar-refractivity contribution in [3.63, 3.8) is 0 Å². The van der Waals surface area contributed by atoms with Crippen molar-refractivity contribution in [2.24, 2.45) is 0 Å². The lowest BCUT2D eigenvalue weighted by Crippen LogP contribution is -2.51. The maximum Gasteiger partial charge on any atom is 0.332 e. The van der Waals surface area contributed by atoms with Gasteiger partial charge in [0.15, 0.2) is 0 Å². The minimum atomic E-state index is -0.656. The third-order valence-electron chi connectivity index (χ3n) is 4.91. The molecule has 3 heterocycles. The maximum atomic E-state index is 13.0. The normalized spacial score (nSPS) is 14.7. The summed E-state index contributed by atoms with van der Waals surface area (Å²) in [6.45, 7) is 2.50. The monoisotopic (exact) mass is 426 g/mol. The van der Waals surface area contributed by atoms with E-state index in [0.29, 0.717) is 28.9 Å². The quantitative estimate of drug-likeness (QED) is 0.599. The highest BCUT2D eigenvalue weighted by Gasteiger charge is 2.28. The number of fused-ring (bicyclic) bond motifs is 1. The van der Waals surface area contributed by atoms with Crippen LogP contribution in [0, 0.1) is 6.92 Å². The van der Waals surface area contributed by atoms with Crippen LogP contribution >= 0.6 is 11.3 Å². The van der Waals surface area contributed by atoms with Gasteiger partial charge in [-0.05, 0) is 18.9 Å². The van der Waals surface area contributed by atoms with Crippen LogP contribution in [0.2, 0.25) is 0 Å². The fourth-order valence-corrected chi connectivity index (χ4v) is 4.67. The number of aromatic nitrogens is 2. The van der Waals surface area contributed by atoms with E-state index in [1.54, 1.807) is 6.92 Å². The summed E-state index contributed by atoms with van der Waals surface area (Å²) in [7, 11) is 1.48. The van der Waals surface area contributed by atoms with Gasteiger partial charge in [0.05, 0.1) is 31.8 Å². The Balaban J connectivity index is 2.12. The molecule has 9 nitrogen and oxygen atoms in total. The van der Waals surface area contributed by atoms with E-state index in [0.717, 1.165) is 9.44 Å². The van der Waals surface area contributed by atoms with E-state index < -0.39 is 29.7 Å². The Bertz CT molecular complexity index is 1060. The van der Waals surface area contributed by atoms with Crippen molar-refractivity contribution in [1.82, 2.24) is 19.4 Å². The smallest absolute Gasteiger partial charge is 0.332 e. The van der Waals surface area contributed by atoms with Gasteiger partial charge < -0.3 is 15.0 Å². The van der Waals surface area contributed by atoms with Gasteiger partial charge in [0, 0.05) is 31.6 Å². The highest BCUT2D eigenvalue weighted by Crippen LogP contribution is 2.29. The molecule has 1 aliphatic heterocycles. The van der Waals surface area contributed by atoms with Gasteiger partial charge in [-0.15, -0.1) is 11.3 Å². The number of ether oxygens (including phenoxy) is 1. The van der Waals surface area contributed by atoms with Crippen molar-refractivity contribution >= 4 is 33.4 Å². The highest BCUT2D eigenvalue weighted by atomic mass is 32.1. The lowest BCUT2D eigenvalue weighted by molar-refractivity contribution is -0.148. The van der Waals surface area contributed by atoms with Gasteiger partial charge in [-0.3, -0.25) is 27.9 Å². The first-order chi connectivity index (χ1) is 13.9. The van der Waals surface area contributed by atoms with E-state index in [1.165, 1.54) is 27.9 Å². The number of methoxy groups -OCH3 is 1. The standard InChI is InChI=1S/C18H23FN4O5S/c1-11-12(10-21-7-5-20-14(24)16(21)26)29-17-13(11)15(25)22(8-9-28-2)18(27)23(17)6-3-4-19/h3-10H2,1-2H3,(H,20,24). The average Bonchev–Trinajstić information content (AvgIpc) is 3.01. The molecule has 1 N–H and O–H groups in total. The number of nitrogens with one attached hydrogen (secondary N) is 1. The molecule has 2 aromatic heterocycles. The Labute approximate surface area is 169 Å². The molecule has 0 aliphatic carbocycles. The van der Waals surface area contributed by atoms with Gasteiger partial charge in [0.1, 0.15) is 4.83 Å². The number of piperazine rings is 1. The van der Waals surface area contributed by atoms with Crippen LogP contribution in [-0.4, -0.2) is 59.3 Å². The van der Waals surface area contributed by atoms with Gasteiger partial charge in [0.25, 0.3) is 5.56 Å². The number of alkyl halides is 1. The zero-order chi connectivity index (χ0) is 21.1. The Kier molecular flexibility index (Phi) is 6.48. The number of nitrogens with zero attached hydrogens (tertiary/aromatic N) is 3. The lowest BCUT2D eigenvalue weighted by atomic mass is 10.2. The topological polar surface area (TPSA) is 103 Å². The molecule has 2 aromatic rings. The summed E-state index contributed by atoms with van der Waals surface area (Å²) < 4.78 is 20.3. The van der Waals surface area contributed by atoms with Crippen LogP contribution in [0.5, 0.6) is 0 Å². The van der Waals surface area contributed by atoms with Gasteiger partial charge in [-0.25, -0.2) is 4.79 Å². The van der Waals surface area contributed by atoms with Crippen molar-refractivity contribution in [1.29, 1.82) is 0 Å². The van der Waals surface area contributed by atoms with Crippen molar-refractivity contribution in [3.05, 3.63) is 31.3 Å². The predicted octanol–water partition coefficient (Wildman–Crippen LogP) is -0.00248. The zero-order valence-corrected chi connectivity index (χ0v) is 17.1. The van der Waals surface area contributed by atoms with Crippen molar-refractivity contribution < 1.29 is 18.7 Å². The molecule has 1 fully saturated rings. The molecule has 1 saturated heterocycles. The Hall–Kier alpha value is -2.53. The van der Waals surface area contributed by atoms with E-state index in [1.807, 2.05) is 0 Å². The van der Waals surface area contributed by atoms with Crippen LogP contribution in [0.15, 0.2) is 9.59 Å². The molecule has 11 heteroatoms. The van der Waals surface area contributed by atoms with Crippen LogP contribution in [0.1, 0.15) is 16.9 Å². The first-order valence-electron chi connectivity index (χ1n) is 9.28. The molecule has 0 atom stereocenters. The Morgan fingerprint density at radius 3 is 2.62 bits per heavy atom. The SMILES string of the molecule is COCCn1c(=O)c2c(C)c(CN3CCNC(=O)C3=O)sc2n(CCCF)c1=O. The van der Waals surface area contributed by atoms with E-state index in [2.05, 4.69) is 5.32 Å². The number of thiophene rings is 1. The molecule has 3 rings (SSSR count). The molecule has 0 radical (unpaired) electrons. The molecule has 0 bridgehead atoms. The molecule has 158 valence electrons. The minimum absolute atomic E-state index is 0.0924. The molecular weight excluding hydrogens is 403 g/mol. The summed E-state index contributed by atoms with van der Waals surface area (Å²) >= 11 is 1.23. The zero-order valence-electron chi connectivity index (χ0n) is 16.3. The molecule has 0 spiro atoms. The van der Waals surface area contributed by atoms with Crippen molar-refractivity contribution in [2.75, 3.05) is 33.5 Å². The number of aryl methyl sites for hydroxylation is 2. The summed E-state index contributed by atoms with van der Waals surface area (Å²) in [4.78, 5) is 52.2. The van der Waals surface area contributed by atoms with Crippen LogP contribution in [0.3, 0.4) is 0 Å². The number of hydrogen-bond donors (Lipinski definition) is 1. The summed E-state index contributed by atoms with van der Waals surface area (Å²) in [5.41, 5.74) is -0.274. The van der Waals surface area contributed by atoms with Crippen LogP contribution in [-0.2, 0) is 34.0 Å². The van der Waals surface area contributed by atoms with E-state index in [-0.39, 0.29) is 32.7 Å². The van der Waals surface area contributed by atoms with E-state index in [4.69, 9.17) is 4.74 Å². The van der Waals surface area contributed by atoms with E-state index >= 15 is 0 Å². The second-order valence-corrected chi connectivity index (χ2v) is 7.82. The fraction of sp³-hybridized carbons (Fsp3) is 0.556. The summed E-state index contributed by atoms with van der Waals surface area (Å²) in [6.07, 6.45) is 0.147. The second kappa shape index (κ2) is 8.87. The van der Waals surface area contributed by atoms with Crippen molar-refractivity contribution in [3.8, 4) is 0 Å². The molecule has 29 heavy (non-hydrogen) atoms. The third-order valence-corrected chi connectivity index (χ3v) is 6.21. The van der Waals surface area contributed by atoms with E-state index in [9.17, 15) is 23.6 Å².